The first-order chi connectivity index (χ1) is 6.78. The lowest BCUT2D eigenvalue weighted by molar-refractivity contribution is 0.285. The summed E-state index contributed by atoms with van der Waals surface area (Å²) in [6, 6.07) is 3.97. The molecule has 0 amide bonds. The molecule has 1 N–H and O–H groups in total. The van der Waals surface area contributed by atoms with Crippen LogP contribution >= 0.6 is 23.1 Å². The maximum atomic E-state index is 8.91. The van der Waals surface area contributed by atoms with Crippen molar-refractivity contribution in [2.45, 2.75) is 15.7 Å². The number of aliphatic hydroxyl groups is 1. The van der Waals surface area contributed by atoms with Crippen molar-refractivity contribution in [2.24, 2.45) is 7.05 Å². The predicted molar refractivity (Wildman–Crippen MR) is 57.6 cm³/mol. The van der Waals surface area contributed by atoms with Crippen LogP contribution in [-0.2, 0) is 13.7 Å². The van der Waals surface area contributed by atoms with Gasteiger partial charge < -0.3 is 5.11 Å². The molecule has 0 aliphatic heterocycles. The monoisotopic (exact) mass is 226 g/mol. The number of aromatic nitrogens is 2. The van der Waals surface area contributed by atoms with Crippen LogP contribution in [0.3, 0.4) is 0 Å². The average Bonchev–Trinajstić information content (AvgIpc) is 2.76. The van der Waals surface area contributed by atoms with Crippen LogP contribution in [0.25, 0.3) is 0 Å². The molecule has 2 aromatic heterocycles. The van der Waals surface area contributed by atoms with Gasteiger partial charge >= 0.3 is 0 Å². The van der Waals surface area contributed by atoms with E-state index in [1.54, 1.807) is 27.8 Å². The van der Waals surface area contributed by atoms with Crippen molar-refractivity contribution in [3.8, 4) is 0 Å². The molecule has 0 spiro atoms. The summed E-state index contributed by atoms with van der Waals surface area (Å²) in [6.45, 7) is 0.123. The fourth-order valence-corrected chi connectivity index (χ4v) is 3.11. The molecule has 2 aromatic rings. The quantitative estimate of drug-likeness (QED) is 0.871. The van der Waals surface area contributed by atoms with E-state index in [2.05, 4.69) is 5.10 Å². The van der Waals surface area contributed by atoms with Crippen molar-refractivity contribution in [3.05, 3.63) is 29.4 Å². The molecule has 0 aliphatic carbocycles. The van der Waals surface area contributed by atoms with E-state index in [1.807, 2.05) is 31.6 Å². The highest BCUT2D eigenvalue weighted by atomic mass is 32.2. The molecule has 0 unspecified atom stereocenters. The Morgan fingerprint density at radius 3 is 3.00 bits per heavy atom. The fourth-order valence-electron chi connectivity index (χ4n) is 1.07. The minimum Gasteiger partial charge on any atom is -0.391 e. The van der Waals surface area contributed by atoms with E-state index in [9.17, 15) is 0 Å². The molecule has 2 heterocycles. The zero-order chi connectivity index (χ0) is 9.97. The fraction of sp³-hybridized carbons (Fsp3) is 0.222. The molecule has 0 bridgehead atoms. The largest absolute Gasteiger partial charge is 0.391 e. The Labute approximate surface area is 90.4 Å². The highest BCUT2D eigenvalue weighted by molar-refractivity contribution is 8.01. The lowest BCUT2D eigenvalue weighted by Crippen LogP contribution is -1.83. The number of hydrogen-bond donors (Lipinski definition) is 1. The molecule has 0 fully saturated rings. The van der Waals surface area contributed by atoms with Gasteiger partial charge in [-0.2, -0.15) is 5.10 Å². The van der Waals surface area contributed by atoms with Crippen molar-refractivity contribution >= 4 is 23.1 Å². The van der Waals surface area contributed by atoms with Gasteiger partial charge in [-0.25, -0.2) is 0 Å². The second-order valence-corrected chi connectivity index (χ2v) is 5.37. The molecule has 0 atom stereocenters. The van der Waals surface area contributed by atoms with Crippen molar-refractivity contribution in [2.75, 3.05) is 0 Å². The van der Waals surface area contributed by atoms with Crippen LogP contribution in [-0.4, -0.2) is 14.9 Å². The molecule has 0 aromatic carbocycles. The number of aliphatic hydroxyl groups excluding tert-OH is 1. The molecule has 0 saturated carbocycles. The van der Waals surface area contributed by atoms with Gasteiger partial charge in [0.2, 0.25) is 0 Å². The molecule has 14 heavy (non-hydrogen) atoms. The Bertz CT molecular complexity index is 422. The Morgan fingerprint density at radius 2 is 2.43 bits per heavy atom. The summed E-state index contributed by atoms with van der Waals surface area (Å²) >= 11 is 3.28. The number of aryl methyl sites for hydroxylation is 1. The molecule has 74 valence electrons. The van der Waals surface area contributed by atoms with Gasteiger partial charge in [-0.05, 0) is 12.1 Å². The van der Waals surface area contributed by atoms with Crippen molar-refractivity contribution in [3.63, 3.8) is 0 Å². The number of nitrogens with zero attached hydrogens (tertiary/aromatic N) is 2. The summed E-state index contributed by atoms with van der Waals surface area (Å²) in [4.78, 5) is 2.12. The average molecular weight is 226 g/mol. The third-order valence-corrected chi connectivity index (χ3v) is 3.84. The van der Waals surface area contributed by atoms with Gasteiger partial charge in [0.05, 0.1) is 21.9 Å². The predicted octanol–water partition coefficient (Wildman–Crippen LogP) is 2.13. The van der Waals surface area contributed by atoms with Gasteiger partial charge in [0.1, 0.15) is 0 Å². The number of thiophene rings is 1. The first kappa shape index (κ1) is 9.76. The highest BCUT2D eigenvalue weighted by Gasteiger charge is 2.02. The van der Waals surface area contributed by atoms with Gasteiger partial charge in [0, 0.05) is 18.1 Å². The van der Waals surface area contributed by atoms with Crippen molar-refractivity contribution < 1.29 is 5.11 Å². The molecule has 2 rings (SSSR count). The zero-order valence-corrected chi connectivity index (χ0v) is 9.31. The normalized spacial score (nSPS) is 10.7. The smallest absolute Gasteiger partial charge is 0.0774 e. The standard InChI is InChI=1S/C9H10N2OS2/c1-11-5-8(4-10-11)14-9-3-2-7(6-12)13-9/h2-5,12H,6H2,1H3. The summed E-state index contributed by atoms with van der Waals surface area (Å²) < 4.78 is 2.96. The molecule has 3 nitrogen and oxygen atoms in total. The van der Waals surface area contributed by atoms with E-state index in [0.717, 1.165) is 9.77 Å². The first-order valence-corrected chi connectivity index (χ1v) is 5.77. The maximum Gasteiger partial charge on any atom is 0.0774 e. The third kappa shape index (κ3) is 2.17. The van der Waals surface area contributed by atoms with Gasteiger partial charge in [-0.3, -0.25) is 4.68 Å². The molecule has 0 radical (unpaired) electrons. The van der Waals surface area contributed by atoms with E-state index >= 15 is 0 Å². The van der Waals surface area contributed by atoms with Crippen LogP contribution in [0.5, 0.6) is 0 Å². The zero-order valence-electron chi connectivity index (χ0n) is 7.67. The molecular formula is C9H10N2OS2. The molecule has 0 aliphatic rings. The van der Waals surface area contributed by atoms with E-state index in [4.69, 9.17) is 5.11 Å². The van der Waals surface area contributed by atoms with Gasteiger partial charge in [-0.15, -0.1) is 11.3 Å². The topological polar surface area (TPSA) is 38.0 Å². The van der Waals surface area contributed by atoms with Gasteiger partial charge in [-0.1, -0.05) is 11.8 Å². The van der Waals surface area contributed by atoms with E-state index in [0.29, 0.717) is 0 Å². The van der Waals surface area contributed by atoms with Crippen molar-refractivity contribution in [1.29, 1.82) is 0 Å². The Kier molecular flexibility index (Phi) is 2.90. The summed E-state index contributed by atoms with van der Waals surface area (Å²) in [5.74, 6) is 0. The van der Waals surface area contributed by atoms with Crippen LogP contribution < -0.4 is 0 Å². The van der Waals surface area contributed by atoms with Crippen LogP contribution in [0.1, 0.15) is 4.88 Å². The SMILES string of the molecule is Cn1cc(Sc2ccc(CO)s2)cn1. The summed E-state index contributed by atoms with van der Waals surface area (Å²) in [6.07, 6.45) is 3.81. The lowest BCUT2D eigenvalue weighted by atomic mass is 10.5. The summed E-state index contributed by atoms with van der Waals surface area (Å²) in [7, 11) is 1.90. The van der Waals surface area contributed by atoms with E-state index < -0.39 is 0 Å². The lowest BCUT2D eigenvalue weighted by Gasteiger charge is -1.91. The molecule has 0 saturated heterocycles. The second-order valence-electron chi connectivity index (χ2n) is 2.83. The third-order valence-electron chi connectivity index (χ3n) is 1.69. The van der Waals surface area contributed by atoms with Gasteiger partial charge in [0.15, 0.2) is 0 Å². The Hall–Kier alpha value is -0.780. The van der Waals surface area contributed by atoms with Crippen molar-refractivity contribution in [1.82, 2.24) is 9.78 Å². The van der Waals surface area contributed by atoms with E-state index in [1.165, 1.54) is 4.21 Å². The number of rotatable bonds is 3. The van der Waals surface area contributed by atoms with Gasteiger partial charge in [0.25, 0.3) is 0 Å². The number of hydrogen-bond acceptors (Lipinski definition) is 4. The second kappa shape index (κ2) is 4.16. The van der Waals surface area contributed by atoms with Crippen LogP contribution in [0, 0.1) is 0 Å². The molecular weight excluding hydrogens is 216 g/mol. The summed E-state index contributed by atoms with van der Waals surface area (Å²) in [5, 5.41) is 13.0. The maximum absolute atomic E-state index is 8.91. The van der Waals surface area contributed by atoms with Crippen LogP contribution in [0.2, 0.25) is 0 Å². The summed E-state index contributed by atoms with van der Waals surface area (Å²) in [5.41, 5.74) is 0. The van der Waals surface area contributed by atoms with E-state index in [-0.39, 0.29) is 6.61 Å². The first-order valence-electron chi connectivity index (χ1n) is 4.14. The highest BCUT2D eigenvalue weighted by Crippen LogP contribution is 2.32. The Morgan fingerprint density at radius 1 is 1.57 bits per heavy atom. The minimum atomic E-state index is 0.123. The minimum absolute atomic E-state index is 0.123. The molecule has 5 heteroatoms. The van der Waals surface area contributed by atoms with Crippen LogP contribution in [0.4, 0.5) is 0 Å². The Balaban J connectivity index is 2.10. The van der Waals surface area contributed by atoms with Crippen LogP contribution in [0.15, 0.2) is 33.6 Å².